The van der Waals surface area contributed by atoms with Crippen molar-refractivity contribution in [3.05, 3.63) is 35.8 Å². The molecule has 1 unspecified atom stereocenters. The van der Waals surface area contributed by atoms with Crippen molar-refractivity contribution in [2.45, 2.75) is 18.6 Å². The van der Waals surface area contributed by atoms with E-state index in [0.29, 0.717) is 11.1 Å². The van der Waals surface area contributed by atoms with Crippen LogP contribution in [0.1, 0.15) is 18.2 Å². The van der Waals surface area contributed by atoms with Crippen LogP contribution in [0.5, 0.6) is 0 Å². The maximum Gasteiger partial charge on any atom is 0.411 e. The highest BCUT2D eigenvalue weighted by molar-refractivity contribution is 5.78. The summed E-state index contributed by atoms with van der Waals surface area (Å²) < 4.78 is 58.8. The minimum Gasteiger partial charge on any atom is -0.456 e. The fourth-order valence-electron chi connectivity index (χ4n) is 1.77. The first kappa shape index (κ1) is 14.8. The van der Waals surface area contributed by atoms with Gasteiger partial charge in [0.25, 0.3) is 0 Å². The highest BCUT2D eigenvalue weighted by Gasteiger charge is 2.27. The van der Waals surface area contributed by atoms with Gasteiger partial charge < -0.3 is 14.9 Å². The van der Waals surface area contributed by atoms with Crippen molar-refractivity contribution >= 4 is 11.0 Å². The van der Waals surface area contributed by atoms with Crippen LogP contribution in [-0.4, -0.2) is 19.4 Å². The summed E-state index contributed by atoms with van der Waals surface area (Å²) in [6, 6.07) is 5.39. The van der Waals surface area contributed by atoms with Gasteiger partial charge in [-0.25, -0.2) is 4.39 Å². The number of alkyl halides is 3. The molecule has 0 amide bonds. The number of fused-ring (bicyclic) bond motifs is 1. The number of nitrogens with two attached hydrogens (primary N) is 1. The Morgan fingerprint density at radius 2 is 2.05 bits per heavy atom. The van der Waals surface area contributed by atoms with Crippen molar-refractivity contribution in [2.75, 3.05) is 13.2 Å². The molecular weight excluding hydrogens is 278 g/mol. The molecule has 2 rings (SSSR count). The van der Waals surface area contributed by atoms with Crippen LogP contribution in [0.15, 0.2) is 28.7 Å². The monoisotopic (exact) mass is 291 g/mol. The third-order valence-electron chi connectivity index (χ3n) is 2.72. The Kier molecular flexibility index (Phi) is 4.29. The number of hydrogen-bond donors (Lipinski definition) is 1. The van der Waals surface area contributed by atoms with Crippen LogP contribution >= 0.6 is 0 Å². The Labute approximate surface area is 112 Å². The Morgan fingerprint density at radius 1 is 1.30 bits per heavy atom. The van der Waals surface area contributed by atoms with E-state index >= 15 is 0 Å². The van der Waals surface area contributed by atoms with Crippen molar-refractivity contribution in [2.24, 2.45) is 5.73 Å². The molecule has 0 saturated carbocycles. The lowest BCUT2D eigenvalue weighted by molar-refractivity contribution is -0.174. The molecule has 0 aliphatic heterocycles. The minimum atomic E-state index is -4.35. The summed E-state index contributed by atoms with van der Waals surface area (Å²) in [6.45, 7) is -1.46. The molecule has 0 spiro atoms. The zero-order chi connectivity index (χ0) is 14.8. The van der Waals surface area contributed by atoms with Crippen LogP contribution < -0.4 is 5.73 Å². The van der Waals surface area contributed by atoms with E-state index in [1.54, 1.807) is 12.1 Å². The molecule has 7 heteroatoms. The van der Waals surface area contributed by atoms with Gasteiger partial charge in [0, 0.05) is 12.0 Å². The highest BCUT2D eigenvalue weighted by atomic mass is 19.4. The summed E-state index contributed by atoms with van der Waals surface area (Å²) in [5.41, 5.74) is 5.87. The smallest absolute Gasteiger partial charge is 0.411 e. The van der Waals surface area contributed by atoms with Gasteiger partial charge in [-0.1, -0.05) is 12.1 Å². The van der Waals surface area contributed by atoms with Crippen molar-refractivity contribution in [3.63, 3.8) is 0 Å². The van der Waals surface area contributed by atoms with Gasteiger partial charge >= 0.3 is 6.18 Å². The first-order valence-corrected chi connectivity index (χ1v) is 5.95. The quantitative estimate of drug-likeness (QED) is 0.677. The molecule has 20 heavy (non-hydrogen) atoms. The fraction of sp³-hybridized carbons (Fsp3) is 0.385. The second-order valence-electron chi connectivity index (χ2n) is 4.37. The van der Waals surface area contributed by atoms with Crippen molar-refractivity contribution < 1.29 is 26.7 Å². The van der Waals surface area contributed by atoms with Gasteiger partial charge in [0.1, 0.15) is 12.4 Å². The van der Waals surface area contributed by atoms with Crippen molar-refractivity contribution in [1.29, 1.82) is 0 Å². The van der Waals surface area contributed by atoms with E-state index in [1.807, 2.05) is 0 Å². The number of benzene rings is 1. The maximum absolute atomic E-state index is 13.4. The lowest BCUT2D eigenvalue weighted by Crippen LogP contribution is -2.19. The largest absolute Gasteiger partial charge is 0.456 e. The van der Waals surface area contributed by atoms with Crippen LogP contribution in [0.2, 0.25) is 0 Å². The van der Waals surface area contributed by atoms with E-state index in [0.717, 1.165) is 0 Å². The lowest BCUT2D eigenvalue weighted by atomic mass is 10.1. The zero-order valence-electron chi connectivity index (χ0n) is 10.4. The average Bonchev–Trinajstić information content (AvgIpc) is 2.79. The highest BCUT2D eigenvalue weighted by Crippen LogP contribution is 2.26. The van der Waals surface area contributed by atoms with Gasteiger partial charge in [-0.3, -0.25) is 0 Å². The molecule has 0 fully saturated rings. The first-order chi connectivity index (χ1) is 9.37. The summed E-state index contributed by atoms with van der Waals surface area (Å²) in [6.07, 6.45) is -4.20. The van der Waals surface area contributed by atoms with E-state index in [2.05, 4.69) is 4.74 Å². The molecule has 0 radical (unpaired) electrons. The van der Waals surface area contributed by atoms with Gasteiger partial charge in [-0.05, 0) is 18.6 Å². The van der Waals surface area contributed by atoms with Gasteiger partial charge in [-0.2, -0.15) is 13.2 Å². The lowest BCUT2D eigenvalue weighted by Gasteiger charge is -2.10. The molecular formula is C13H13F4NO2. The predicted octanol–water partition coefficient (Wildman–Crippen LogP) is 3.54. The van der Waals surface area contributed by atoms with Crippen LogP contribution in [0, 0.1) is 5.82 Å². The number of para-hydroxylation sites is 1. The van der Waals surface area contributed by atoms with Crippen LogP contribution in [0.4, 0.5) is 17.6 Å². The van der Waals surface area contributed by atoms with Crippen molar-refractivity contribution in [3.8, 4) is 0 Å². The number of hydrogen-bond acceptors (Lipinski definition) is 3. The molecule has 0 saturated heterocycles. The molecule has 1 aromatic heterocycles. The molecule has 2 N–H and O–H groups in total. The number of ether oxygens (including phenoxy) is 1. The Bertz CT molecular complexity index is 579. The number of furan rings is 1. The standard InChI is InChI=1S/C13H13F4NO2/c14-9-3-1-2-8-6-11(20-12(8)9)10(18)4-5-19-7-13(15,16)17/h1-3,6,10H,4-5,7,18H2. The normalized spacial score (nSPS) is 13.8. The van der Waals surface area contributed by atoms with E-state index in [4.69, 9.17) is 10.2 Å². The van der Waals surface area contributed by atoms with Gasteiger partial charge in [-0.15, -0.1) is 0 Å². The molecule has 1 atom stereocenters. The Balaban J connectivity index is 1.94. The van der Waals surface area contributed by atoms with Gasteiger partial charge in [0.05, 0.1) is 6.04 Å². The van der Waals surface area contributed by atoms with Crippen molar-refractivity contribution in [1.82, 2.24) is 0 Å². The fourth-order valence-corrected chi connectivity index (χ4v) is 1.77. The van der Waals surface area contributed by atoms with E-state index in [9.17, 15) is 17.6 Å². The average molecular weight is 291 g/mol. The Morgan fingerprint density at radius 3 is 2.70 bits per heavy atom. The molecule has 110 valence electrons. The van der Waals surface area contributed by atoms with E-state index in [1.165, 1.54) is 12.1 Å². The SMILES string of the molecule is NC(CCOCC(F)(F)F)c1cc2cccc(F)c2o1. The van der Waals surface area contributed by atoms with E-state index < -0.39 is 24.6 Å². The minimum absolute atomic E-state index is 0.0918. The first-order valence-electron chi connectivity index (χ1n) is 5.95. The molecule has 0 bridgehead atoms. The topological polar surface area (TPSA) is 48.4 Å². The summed E-state index contributed by atoms with van der Waals surface area (Å²) in [5.74, 6) is -0.185. The molecule has 1 heterocycles. The summed E-state index contributed by atoms with van der Waals surface area (Å²) in [7, 11) is 0. The summed E-state index contributed by atoms with van der Waals surface area (Å²) >= 11 is 0. The third-order valence-corrected chi connectivity index (χ3v) is 2.72. The zero-order valence-corrected chi connectivity index (χ0v) is 10.4. The maximum atomic E-state index is 13.4. The molecule has 1 aromatic carbocycles. The number of halogens is 4. The summed E-state index contributed by atoms with van der Waals surface area (Å²) in [4.78, 5) is 0. The Hall–Kier alpha value is -1.60. The molecule has 3 nitrogen and oxygen atoms in total. The molecule has 0 aliphatic carbocycles. The van der Waals surface area contributed by atoms with E-state index in [-0.39, 0.29) is 18.6 Å². The second kappa shape index (κ2) is 5.80. The predicted molar refractivity (Wildman–Crippen MR) is 64.6 cm³/mol. The third kappa shape index (κ3) is 3.71. The van der Waals surface area contributed by atoms with Gasteiger partial charge in [0.15, 0.2) is 11.4 Å². The summed E-state index contributed by atoms with van der Waals surface area (Å²) in [5, 5.41) is 0.562. The number of rotatable bonds is 5. The second-order valence-corrected chi connectivity index (χ2v) is 4.37. The molecule has 0 aliphatic rings. The molecule has 2 aromatic rings. The van der Waals surface area contributed by atoms with Crippen LogP contribution in [0.25, 0.3) is 11.0 Å². The van der Waals surface area contributed by atoms with Crippen LogP contribution in [0.3, 0.4) is 0 Å². The van der Waals surface area contributed by atoms with Crippen LogP contribution in [-0.2, 0) is 4.74 Å². The van der Waals surface area contributed by atoms with Gasteiger partial charge in [0.2, 0.25) is 0 Å².